The molecule has 0 spiro atoms. The Morgan fingerprint density at radius 2 is 1.91 bits per heavy atom. The molecule has 0 atom stereocenters. The maximum atomic E-state index is 12.5. The maximum Gasteiger partial charge on any atom is 0.349 e. The number of hydrogen-bond donors (Lipinski definition) is 1. The quantitative estimate of drug-likeness (QED) is 0.173. The second-order valence-electron chi connectivity index (χ2n) is 6.74. The lowest BCUT2D eigenvalue weighted by Crippen LogP contribution is -2.32. The minimum absolute atomic E-state index is 0.00581. The van der Waals surface area contributed by atoms with Gasteiger partial charge in [-0.3, -0.25) is 14.9 Å². The van der Waals surface area contributed by atoms with Gasteiger partial charge in [-0.1, -0.05) is 24.3 Å². The lowest BCUT2D eigenvalue weighted by Gasteiger charge is -2.09. The number of aromatic amines is 1. The zero-order valence-electron chi connectivity index (χ0n) is 16.4. The topological polar surface area (TPSA) is 120 Å². The van der Waals surface area contributed by atoms with Gasteiger partial charge in [0.1, 0.15) is 12.4 Å². The highest BCUT2D eigenvalue weighted by atomic mass is 127. The Balaban J connectivity index is 1.53. The molecule has 0 aliphatic heterocycles. The Morgan fingerprint density at radius 3 is 2.69 bits per heavy atom. The van der Waals surface area contributed by atoms with Crippen molar-refractivity contribution in [3.05, 3.63) is 112 Å². The van der Waals surface area contributed by atoms with E-state index in [-0.39, 0.29) is 12.3 Å². The van der Waals surface area contributed by atoms with E-state index in [4.69, 9.17) is 4.74 Å². The van der Waals surface area contributed by atoms with E-state index >= 15 is 0 Å². The van der Waals surface area contributed by atoms with Gasteiger partial charge >= 0.3 is 5.69 Å². The molecule has 9 nitrogen and oxygen atoms in total. The Bertz CT molecular complexity index is 1480. The van der Waals surface area contributed by atoms with Crippen LogP contribution in [0.15, 0.2) is 81.4 Å². The van der Waals surface area contributed by atoms with E-state index in [0.29, 0.717) is 27.8 Å². The third-order valence-electron chi connectivity index (χ3n) is 4.58. The van der Waals surface area contributed by atoms with Crippen LogP contribution in [0.4, 0.5) is 5.69 Å². The fourth-order valence-corrected chi connectivity index (χ4v) is 3.71. The van der Waals surface area contributed by atoms with E-state index in [9.17, 15) is 19.7 Å². The molecule has 3 aromatic carbocycles. The molecule has 0 amide bonds. The molecule has 0 saturated heterocycles. The normalized spacial score (nSPS) is 11.2. The lowest BCUT2D eigenvalue weighted by molar-refractivity contribution is -0.384. The van der Waals surface area contributed by atoms with Crippen LogP contribution in [0.3, 0.4) is 0 Å². The number of nitro benzene ring substituents is 1. The third-order valence-corrected chi connectivity index (χ3v) is 5.42. The number of non-ortho nitro benzene ring substituents is 1. The number of nitro groups is 1. The second-order valence-corrected chi connectivity index (χ2v) is 7.90. The summed E-state index contributed by atoms with van der Waals surface area (Å²) in [6, 6.07) is 18.2. The van der Waals surface area contributed by atoms with Crippen LogP contribution in [-0.4, -0.2) is 20.8 Å². The molecule has 4 aromatic rings. The number of nitrogens with one attached hydrogen (secondary N) is 1. The van der Waals surface area contributed by atoms with E-state index in [1.165, 1.54) is 18.3 Å². The molecule has 160 valence electrons. The first-order chi connectivity index (χ1) is 15.4. The molecular formula is C22H15IN4O5. The molecule has 10 heteroatoms. The summed E-state index contributed by atoms with van der Waals surface area (Å²) in [5.74, 6) is 0.593. The lowest BCUT2D eigenvalue weighted by atomic mass is 10.2. The number of nitrogens with zero attached hydrogens (tertiary/aromatic N) is 3. The van der Waals surface area contributed by atoms with Gasteiger partial charge in [-0.2, -0.15) is 5.10 Å². The monoisotopic (exact) mass is 542 g/mol. The van der Waals surface area contributed by atoms with Crippen LogP contribution in [-0.2, 0) is 6.61 Å². The SMILES string of the molecule is O=c1[nH]c2ccccc2c(=O)n1N=Cc1ccc(OCc2cccc([N+](=O)[O-])c2)c(I)c1. The van der Waals surface area contributed by atoms with Gasteiger partial charge in [0.2, 0.25) is 0 Å². The van der Waals surface area contributed by atoms with Gasteiger partial charge < -0.3 is 9.72 Å². The van der Waals surface area contributed by atoms with Crippen LogP contribution in [0.2, 0.25) is 0 Å². The highest BCUT2D eigenvalue weighted by Gasteiger charge is 2.08. The molecule has 0 aliphatic rings. The highest BCUT2D eigenvalue weighted by molar-refractivity contribution is 14.1. The van der Waals surface area contributed by atoms with Gasteiger partial charge in [0.15, 0.2) is 0 Å². The molecule has 0 aliphatic carbocycles. The second kappa shape index (κ2) is 9.14. The first-order valence-corrected chi connectivity index (χ1v) is 10.4. The zero-order chi connectivity index (χ0) is 22.7. The van der Waals surface area contributed by atoms with Gasteiger partial charge in [-0.05, 0) is 64.0 Å². The van der Waals surface area contributed by atoms with Crippen molar-refractivity contribution in [2.24, 2.45) is 5.10 Å². The number of aromatic nitrogens is 2. The predicted octanol–water partition coefficient (Wildman–Crippen LogP) is 3.66. The van der Waals surface area contributed by atoms with Gasteiger partial charge in [-0.25, -0.2) is 4.79 Å². The molecule has 1 N–H and O–H groups in total. The number of H-pyrrole nitrogens is 1. The number of benzene rings is 3. The molecule has 0 fully saturated rings. The number of rotatable bonds is 6. The summed E-state index contributed by atoms with van der Waals surface area (Å²) in [5, 5.41) is 15.3. The van der Waals surface area contributed by atoms with E-state index in [1.807, 2.05) is 0 Å². The average Bonchev–Trinajstić information content (AvgIpc) is 2.78. The number of ether oxygens (including phenoxy) is 1. The van der Waals surface area contributed by atoms with Gasteiger partial charge in [0, 0.05) is 12.1 Å². The van der Waals surface area contributed by atoms with E-state index < -0.39 is 16.2 Å². The van der Waals surface area contributed by atoms with Crippen molar-refractivity contribution < 1.29 is 9.66 Å². The van der Waals surface area contributed by atoms with Crippen LogP contribution < -0.4 is 16.0 Å². The van der Waals surface area contributed by atoms with Gasteiger partial charge in [0.25, 0.3) is 11.2 Å². The van der Waals surface area contributed by atoms with Crippen molar-refractivity contribution in [2.45, 2.75) is 6.61 Å². The molecule has 0 unspecified atom stereocenters. The van der Waals surface area contributed by atoms with Gasteiger partial charge in [0.05, 0.1) is 25.6 Å². The fourth-order valence-electron chi connectivity index (χ4n) is 3.02. The zero-order valence-corrected chi connectivity index (χ0v) is 18.6. The fraction of sp³-hybridized carbons (Fsp3) is 0.0455. The van der Waals surface area contributed by atoms with Crippen LogP contribution in [0.5, 0.6) is 5.75 Å². The summed E-state index contributed by atoms with van der Waals surface area (Å²) in [4.78, 5) is 37.8. The molecule has 1 heterocycles. The van der Waals surface area contributed by atoms with Crippen LogP contribution in [0.1, 0.15) is 11.1 Å². The molecule has 0 saturated carbocycles. The molecule has 0 bridgehead atoms. The molecule has 4 rings (SSSR count). The highest BCUT2D eigenvalue weighted by Crippen LogP contribution is 2.23. The van der Waals surface area contributed by atoms with Crippen molar-refractivity contribution in [3.63, 3.8) is 0 Å². The Morgan fingerprint density at radius 1 is 1.09 bits per heavy atom. The molecule has 1 aromatic heterocycles. The largest absolute Gasteiger partial charge is 0.488 e. The predicted molar refractivity (Wildman–Crippen MR) is 128 cm³/mol. The summed E-state index contributed by atoms with van der Waals surface area (Å²) in [6.45, 7) is 0.174. The van der Waals surface area contributed by atoms with Crippen molar-refractivity contribution >= 4 is 45.4 Å². The minimum atomic E-state index is -0.628. The van der Waals surface area contributed by atoms with Crippen LogP contribution in [0, 0.1) is 13.7 Å². The van der Waals surface area contributed by atoms with E-state index in [2.05, 4.69) is 32.7 Å². The summed E-state index contributed by atoms with van der Waals surface area (Å²) in [7, 11) is 0. The Kier molecular flexibility index (Phi) is 6.12. The maximum absolute atomic E-state index is 12.5. The number of halogens is 1. The van der Waals surface area contributed by atoms with Crippen molar-refractivity contribution in [2.75, 3.05) is 0 Å². The standard InChI is InChI=1S/C22H15IN4O5/c23-18-11-14(8-9-20(18)32-13-15-4-3-5-16(10-15)27(30)31)12-24-26-21(28)17-6-1-2-7-19(17)25-22(26)29/h1-12H,13H2,(H,25,29). The number of hydrogen-bond acceptors (Lipinski definition) is 6. The molecule has 0 radical (unpaired) electrons. The summed E-state index contributed by atoms with van der Waals surface area (Å²) in [5.41, 5.74) is 0.663. The number of fused-ring (bicyclic) bond motifs is 1. The first-order valence-electron chi connectivity index (χ1n) is 9.36. The Hall–Kier alpha value is -3.80. The Labute approximate surface area is 194 Å². The summed E-state index contributed by atoms with van der Waals surface area (Å²) < 4.78 is 7.33. The summed E-state index contributed by atoms with van der Waals surface area (Å²) >= 11 is 2.09. The first kappa shape index (κ1) is 21.4. The van der Waals surface area contributed by atoms with Crippen LogP contribution >= 0.6 is 22.6 Å². The van der Waals surface area contributed by atoms with E-state index in [1.54, 1.807) is 54.6 Å². The van der Waals surface area contributed by atoms with Crippen molar-refractivity contribution in [1.29, 1.82) is 0 Å². The van der Waals surface area contributed by atoms with E-state index in [0.717, 1.165) is 8.25 Å². The van der Waals surface area contributed by atoms with Crippen LogP contribution in [0.25, 0.3) is 10.9 Å². The van der Waals surface area contributed by atoms with Crippen molar-refractivity contribution in [3.8, 4) is 5.75 Å². The molecule has 32 heavy (non-hydrogen) atoms. The van der Waals surface area contributed by atoms with Gasteiger partial charge in [-0.15, -0.1) is 4.68 Å². The smallest absolute Gasteiger partial charge is 0.349 e. The number of para-hydroxylation sites is 1. The minimum Gasteiger partial charge on any atom is -0.488 e. The average molecular weight is 542 g/mol. The molecular weight excluding hydrogens is 527 g/mol. The summed E-state index contributed by atoms with van der Waals surface area (Å²) in [6.07, 6.45) is 1.41. The van der Waals surface area contributed by atoms with Crippen molar-refractivity contribution in [1.82, 2.24) is 9.66 Å². The third kappa shape index (κ3) is 4.59.